The molecule has 0 saturated heterocycles. The molecule has 0 unspecified atom stereocenters. The number of hydrogen-bond donors (Lipinski definition) is 2. The molecule has 0 aliphatic rings. The summed E-state index contributed by atoms with van der Waals surface area (Å²) in [5.41, 5.74) is 3.68. The smallest absolute Gasteiger partial charge is 0.255 e. The van der Waals surface area contributed by atoms with Crippen LogP contribution in [0.15, 0.2) is 41.3 Å². The van der Waals surface area contributed by atoms with Crippen LogP contribution in [0.25, 0.3) is 5.95 Å². The molecule has 0 fully saturated rings. The molecule has 0 aliphatic heterocycles. The number of nitrogens with one attached hydrogen (secondary N) is 2. The van der Waals surface area contributed by atoms with Crippen LogP contribution in [-0.2, 0) is 13.0 Å². The molecule has 134 valence electrons. The average molecular weight is 351 g/mol. The van der Waals surface area contributed by atoms with E-state index in [1.807, 2.05) is 38.1 Å². The van der Waals surface area contributed by atoms with Crippen molar-refractivity contribution in [2.24, 2.45) is 0 Å². The lowest BCUT2D eigenvalue weighted by molar-refractivity contribution is 0.0950. The van der Waals surface area contributed by atoms with Gasteiger partial charge in [0, 0.05) is 18.3 Å². The lowest BCUT2D eigenvalue weighted by Crippen LogP contribution is -2.24. The molecule has 3 rings (SSSR count). The second kappa shape index (κ2) is 7.35. The first-order chi connectivity index (χ1) is 12.5. The number of rotatable bonds is 5. The quantitative estimate of drug-likeness (QED) is 0.736. The zero-order valence-corrected chi connectivity index (χ0v) is 15.0. The van der Waals surface area contributed by atoms with Crippen molar-refractivity contribution >= 4 is 5.91 Å². The summed E-state index contributed by atoms with van der Waals surface area (Å²) in [5, 5.41) is 7.13. The van der Waals surface area contributed by atoms with Gasteiger partial charge in [-0.05, 0) is 31.4 Å². The summed E-state index contributed by atoms with van der Waals surface area (Å²) in [5.74, 6) is 0.0933. The predicted molar refractivity (Wildman–Crippen MR) is 98.4 cm³/mol. The van der Waals surface area contributed by atoms with E-state index in [-0.39, 0.29) is 11.5 Å². The largest absolute Gasteiger partial charge is 0.348 e. The number of amides is 1. The number of carbonyl (C=O) groups is 1. The van der Waals surface area contributed by atoms with Crippen molar-refractivity contribution in [2.45, 2.75) is 33.7 Å². The summed E-state index contributed by atoms with van der Waals surface area (Å²) in [7, 11) is 0. The van der Waals surface area contributed by atoms with Crippen molar-refractivity contribution < 1.29 is 4.79 Å². The second-order valence-electron chi connectivity index (χ2n) is 6.08. The van der Waals surface area contributed by atoms with Gasteiger partial charge in [-0.3, -0.25) is 14.6 Å². The highest BCUT2D eigenvalue weighted by molar-refractivity contribution is 5.95. The third kappa shape index (κ3) is 3.56. The lowest BCUT2D eigenvalue weighted by atomic mass is 10.1. The Morgan fingerprint density at radius 2 is 2.04 bits per heavy atom. The van der Waals surface area contributed by atoms with Crippen LogP contribution >= 0.6 is 0 Å². The lowest BCUT2D eigenvalue weighted by Gasteiger charge is -2.08. The molecule has 0 radical (unpaired) electrons. The van der Waals surface area contributed by atoms with E-state index in [0.29, 0.717) is 35.9 Å². The standard InChI is InChI=1S/C19H21N5O2/c1-4-15-9-17(25)23-19(22-15)24-13(3)16(11-21-24)18(26)20-10-14-8-6-5-7-12(14)2/h5-9,11H,4,10H2,1-3H3,(H,20,26)(H,22,23,25). The molecule has 0 bridgehead atoms. The zero-order valence-electron chi connectivity index (χ0n) is 15.0. The molecule has 2 aromatic heterocycles. The Balaban J connectivity index is 1.82. The van der Waals surface area contributed by atoms with E-state index in [1.165, 1.54) is 16.9 Å². The van der Waals surface area contributed by atoms with E-state index in [1.54, 1.807) is 6.92 Å². The fraction of sp³-hybridized carbons (Fsp3) is 0.263. The van der Waals surface area contributed by atoms with Gasteiger partial charge < -0.3 is 5.32 Å². The maximum atomic E-state index is 12.5. The molecule has 1 amide bonds. The maximum Gasteiger partial charge on any atom is 0.255 e. The van der Waals surface area contributed by atoms with Crippen LogP contribution in [0.5, 0.6) is 0 Å². The fourth-order valence-corrected chi connectivity index (χ4v) is 2.70. The number of aryl methyl sites for hydroxylation is 2. The van der Waals surface area contributed by atoms with Crippen molar-refractivity contribution in [2.75, 3.05) is 0 Å². The number of H-pyrrole nitrogens is 1. The van der Waals surface area contributed by atoms with Gasteiger partial charge in [-0.25, -0.2) is 9.67 Å². The predicted octanol–water partition coefficient (Wildman–Crippen LogP) is 2.06. The van der Waals surface area contributed by atoms with Crippen molar-refractivity contribution in [3.8, 4) is 5.95 Å². The summed E-state index contributed by atoms with van der Waals surface area (Å²) in [6, 6.07) is 9.36. The topological polar surface area (TPSA) is 92.7 Å². The zero-order chi connectivity index (χ0) is 18.7. The highest BCUT2D eigenvalue weighted by Gasteiger charge is 2.16. The van der Waals surface area contributed by atoms with Gasteiger partial charge in [-0.1, -0.05) is 31.2 Å². The molecular weight excluding hydrogens is 330 g/mol. The Bertz CT molecular complexity index is 1000. The number of aromatic nitrogens is 4. The first kappa shape index (κ1) is 17.6. The van der Waals surface area contributed by atoms with Crippen molar-refractivity contribution in [1.82, 2.24) is 25.1 Å². The number of nitrogens with zero attached hydrogens (tertiary/aromatic N) is 3. The first-order valence-electron chi connectivity index (χ1n) is 8.47. The third-order valence-corrected chi connectivity index (χ3v) is 4.30. The average Bonchev–Trinajstić information content (AvgIpc) is 3.01. The molecule has 2 N–H and O–H groups in total. The van der Waals surface area contributed by atoms with E-state index < -0.39 is 0 Å². The van der Waals surface area contributed by atoms with Gasteiger partial charge in [0.05, 0.1) is 17.5 Å². The third-order valence-electron chi connectivity index (χ3n) is 4.30. The number of aromatic amines is 1. The number of hydrogen-bond acceptors (Lipinski definition) is 4. The van der Waals surface area contributed by atoms with Gasteiger partial charge >= 0.3 is 0 Å². The van der Waals surface area contributed by atoms with Gasteiger partial charge in [0.25, 0.3) is 11.5 Å². The van der Waals surface area contributed by atoms with Crippen LogP contribution in [0.3, 0.4) is 0 Å². The van der Waals surface area contributed by atoms with Gasteiger partial charge in [-0.15, -0.1) is 0 Å². The van der Waals surface area contributed by atoms with Crippen molar-refractivity contribution in [3.63, 3.8) is 0 Å². The van der Waals surface area contributed by atoms with Crippen LogP contribution in [0.1, 0.15) is 39.8 Å². The van der Waals surface area contributed by atoms with Gasteiger partial charge in [0.15, 0.2) is 0 Å². The Morgan fingerprint density at radius 1 is 1.27 bits per heavy atom. The van der Waals surface area contributed by atoms with Crippen LogP contribution in [-0.4, -0.2) is 25.7 Å². The molecule has 0 saturated carbocycles. The highest BCUT2D eigenvalue weighted by Crippen LogP contribution is 2.12. The van der Waals surface area contributed by atoms with Crippen molar-refractivity contribution in [3.05, 3.63) is 75.0 Å². The summed E-state index contributed by atoms with van der Waals surface area (Å²) in [6.45, 7) is 6.14. The molecule has 26 heavy (non-hydrogen) atoms. The Hall–Kier alpha value is -3.22. The van der Waals surface area contributed by atoms with Crippen LogP contribution in [0.2, 0.25) is 0 Å². The van der Waals surface area contributed by atoms with Crippen LogP contribution in [0.4, 0.5) is 0 Å². The maximum absolute atomic E-state index is 12.5. The minimum atomic E-state index is -0.243. The molecular formula is C19H21N5O2. The number of benzene rings is 1. The minimum absolute atomic E-state index is 0.217. The van der Waals surface area contributed by atoms with E-state index in [2.05, 4.69) is 20.4 Å². The SMILES string of the molecule is CCc1cc(=O)[nH]c(-n2ncc(C(=O)NCc3ccccc3C)c2C)n1. The summed E-state index contributed by atoms with van der Waals surface area (Å²) in [6.07, 6.45) is 2.13. The molecule has 1 aromatic carbocycles. The Labute approximate surface area is 151 Å². The molecule has 3 aromatic rings. The summed E-state index contributed by atoms with van der Waals surface area (Å²) in [4.78, 5) is 31.3. The fourth-order valence-electron chi connectivity index (χ4n) is 2.70. The summed E-state index contributed by atoms with van der Waals surface area (Å²) < 4.78 is 1.48. The van der Waals surface area contributed by atoms with E-state index >= 15 is 0 Å². The minimum Gasteiger partial charge on any atom is -0.348 e. The van der Waals surface area contributed by atoms with E-state index in [9.17, 15) is 9.59 Å². The Morgan fingerprint density at radius 3 is 2.77 bits per heavy atom. The van der Waals surface area contributed by atoms with Crippen LogP contribution < -0.4 is 10.9 Å². The number of carbonyl (C=O) groups excluding carboxylic acids is 1. The molecule has 7 heteroatoms. The highest BCUT2D eigenvalue weighted by atomic mass is 16.1. The molecule has 2 heterocycles. The monoisotopic (exact) mass is 351 g/mol. The first-order valence-corrected chi connectivity index (χ1v) is 8.47. The van der Waals surface area contributed by atoms with Gasteiger partial charge in [0.2, 0.25) is 5.95 Å². The second-order valence-corrected chi connectivity index (χ2v) is 6.08. The summed E-state index contributed by atoms with van der Waals surface area (Å²) >= 11 is 0. The molecule has 7 nitrogen and oxygen atoms in total. The van der Waals surface area contributed by atoms with Gasteiger partial charge in [0.1, 0.15) is 0 Å². The molecule has 0 spiro atoms. The van der Waals surface area contributed by atoms with Crippen molar-refractivity contribution in [1.29, 1.82) is 0 Å². The van der Waals surface area contributed by atoms with E-state index in [4.69, 9.17) is 0 Å². The van der Waals surface area contributed by atoms with Gasteiger partial charge in [-0.2, -0.15) is 5.10 Å². The molecule has 0 atom stereocenters. The Kier molecular flexibility index (Phi) is 4.97. The van der Waals surface area contributed by atoms with Crippen LogP contribution in [0, 0.1) is 13.8 Å². The molecule has 0 aliphatic carbocycles. The normalized spacial score (nSPS) is 10.7. The van der Waals surface area contributed by atoms with E-state index in [0.717, 1.165) is 11.1 Å².